The molecule has 220 valence electrons. The predicted octanol–water partition coefficient (Wildman–Crippen LogP) is 3.24. The van der Waals surface area contributed by atoms with E-state index in [2.05, 4.69) is 14.8 Å². The highest BCUT2D eigenvalue weighted by atomic mass is 32.2. The molecule has 3 aromatic rings. The van der Waals surface area contributed by atoms with Gasteiger partial charge in [0, 0.05) is 22.4 Å². The number of carbonyl (C=O) groups excluding carboxylic acids is 3. The Morgan fingerprint density at radius 2 is 1.50 bits per heavy atom. The molecule has 0 heterocycles. The SMILES string of the molecule is CC(C)C[C@H](NC(=O)c1ccc(-c2ccccc2C(=O)Nc2ccc(C(=N)N)cc2)c(C(=O)OS(C)(=O)=O)c1)C(=O)O. The molecule has 0 fully saturated rings. The first-order chi connectivity index (χ1) is 19.7. The summed E-state index contributed by atoms with van der Waals surface area (Å²) in [4.78, 5) is 50.9. The van der Waals surface area contributed by atoms with E-state index in [-0.39, 0.29) is 46.0 Å². The topological polar surface area (TPSA) is 206 Å². The average molecular weight is 595 g/mol. The molecule has 1 atom stereocenters. The van der Waals surface area contributed by atoms with Crippen LogP contribution in [0.5, 0.6) is 0 Å². The first-order valence-electron chi connectivity index (χ1n) is 12.6. The van der Waals surface area contributed by atoms with Crippen LogP contribution in [0.15, 0.2) is 66.7 Å². The zero-order chi connectivity index (χ0) is 31.2. The average Bonchev–Trinajstić information content (AvgIpc) is 2.91. The highest BCUT2D eigenvalue weighted by Crippen LogP contribution is 2.30. The van der Waals surface area contributed by atoms with Crippen LogP contribution < -0.4 is 16.4 Å². The van der Waals surface area contributed by atoms with E-state index in [4.69, 9.17) is 11.1 Å². The smallest absolute Gasteiger partial charge is 0.354 e. The third-order valence-electron chi connectivity index (χ3n) is 5.95. The number of nitrogens with one attached hydrogen (secondary N) is 3. The van der Waals surface area contributed by atoms with Crippen molar-refractivity contribution in [3.8, 4) is 11.1 Å². The summed E-state index contributed by atoms with van der Waals surface area (Å²) in [6.45, 7) is 3.59. The number of carboxylic acids is 1. The first kappa shape index (κ1) is 31.5. The van der Waals surface area contributed by atoms with Gasteiger partial charge in [-0.3, -0.25) is 15.0 Å². The number of amidine groups is 1. The second-order valence-corrected chi connectivity index (χ2v) is 11.4. The number of carbonyl (C=O) groups is 4. The molecule has 0 spiro atoms. The van der Waals surface area contributed by atoms with E-state index in [1.165, 1.54) is 24.3 Å². The maximum atomic E-state index is 13.3. The molecule has 0 bridgehead atoms. The Morgan fingerprint density at radius 1 is 0.905 bits per heavy atom. The summed E-state index contributed by atoms with van der Waals surface area (Å²) in [7, 11) is -4.26. The number of aliphatic carboxylic acids is 1. The zero-order valence-corrected chi connectivity index (χ0v) is 23.8. The van der Waals surface area contributed by atoms with Crippen LogP contribution in [0.25, 0.3) is 11.1 Å². The Balaban J connectivity index is 2.05. The van der Waals surface area contributed by atoms with E-state index in [1.807, 2.05) is 0 Å². The van der Waals surface area contributed by atoms with Crippen molar-refractivity contribution in [1.82, 2.24) is 5.32 Å². The van der Waals surface area contributed by atoms with Gasteiger partial charge in [0.25, 0.3) is 11.8 Å². The fraction of sp³-hybridized carbons (Fsp3) is 0.207. The van der Waals surface area contributed by atoms with E-state index in [0.29, 0.717) is 17.5 Å². The van der Waals surface area contributed by atoms with E-state index >= 15 is 0 Å². The van der Waals surface area contributed by atoms with Gasteiger partial charge in [0.1, 0.15) is 11.9 Å². The maximum absolute atomic E-state index is 13.3. The van der Waals surface area contributed by atoms with Gasteiger partial charge in [-0.25, -0.2) is 9.59 Å². The van der Waals surface area contributed by atoms with Gasteiger partial charge in [-0.1, -0.05) is 38.1 Å². The van der Waals surface area contributed by atoms with Gasteiger partial charge < -0.3 is 25.7 Å². The number of carboxylic acid groups (broad SMARTS) is 1. The number of rotatable bonds is 11. The zero-order valence-electron chi connectivity index (χ0n) is 23.0. The van der Waals surface area contributed by atoms with E-state index < -0.39 is 39.9 Å². The van der Waals surface area contributed by atoms with E-state index in [1.54, 1.807) is 50.2 Å². The van der Waals surface area contributed by atoms with Crippen LogP contribution in [0.4, 0.5) is 5.69 Å². The molecule has 13 heteroatoms. The number of nitrogens with two attached hydrogens (primary N) is 1. The lowest BCUT2D eigenvalue weighted by Crippen LogP contribution is -2.41. The monoisotopic (exact) mass is 594 g/mol. The maximum Gasteiger partial charge on any atom is 0.354 e. The summed E-state index contributed by atoms with van der Waals surface area (Å²) >= 11 is 0. The molecule has 42 heavy (non-hydrogen) atoms. The molecule has 0 radical (unpaired) electrons. The molecule has 2 amide bonds. The van der Waals surface area contributed by atoms with Crippen LogP contribution in [0.2, 0.25) is 0 Å². The third-order valence-corrected chi connectivity index (χ3v) is 6.41. The van der Waals surface area contributed by atoms with Crippen LogP contribution in [0.1, 0.15) is 56.9 Å². The molecule has 0 aliphatic heterocycles. The van der Waals surface area contributed by atoms with Crippen molar-refractivity contribution < 1.29 is 36.9 Å². The molecule has 6 N–H and O–H groups in total. The van der Waals surface area contributed by atoms with Crippen LogP contribution in [0.3, 0.4) is 0 Å². The summed E-state index contributed by atoms with van der Waals surface area (Å²) in [5.41, 5.74) is 6.31. The van der Waals surface area contributed by atoms with Crippen LogP contribution >= 0.6 is 0 Å². The van der Waals surface area contributed by atoms with Gasteiger partial charge in [-0.15, -0.1) is 0 Å². The van der Waals surface area contributed by atoms with Crippen molar-refractivity contribution in [1.29, 1.82) is 5.41 Å². The van der Waals surface area contributed by atoms with Crippen LogP contribution in [0, 0.1) is 11.3 Å². The van der Waals surface area contributed by atoms with Gasteiger partial charge in [0.2, 0.25) is 0 Å². The number of hydrogen-bond acceptors (Lipinski definition) is 8. The van der Waals surface area contributed by atoms with Gasteiger partial charge in [0.15, 0.2) is 0 Å². The highest BCUT2D eigenvalue weighted by Gasteiger charge is 2.26. The lowest BCUT2D eigenvalue weighted by molar-refractivity contribution is -0.139. The minimum Gasteiger partial charge on any atom is -0.480 e. The standard InChI is InChI=1S/C29H30N4O8S/c1-16(2)14-24(28(36)37)33-26(34)18-10-13-21(23(15-18)29(38)41-42(3,39)40)20-6-4-5-7-22(20)27(35)32-19-11-8-17(9-12-19)25(30)31/h4-13,15-16,24H,14H2,1-3H3,(H3,30,31)(H,32,35)(H,33,34)(H,36,37)/t24-/m0/s1. The van der Waals surface area contributed by atoms with Crippen molar-refractivity contribution in [3.05, 3.63) is 89.0 Å². The third kappa shape index (κ3) is 8.24. The van der Waals surface area contributed by atoms with E-state index in [9.17, 15) is 32.7 Å². The van der Waals surface area contributed by atoms with Gasteiger partial charge in [0.05, 0.1) is 11.8 Å². The second-order valence-electron chi connectivity index (χ2n) is 9.82. The molecular weight excluding hydrogens is 564 g/mol. The summed E-state index contributed by atoms with van der Waals surface area (Å²) in [5, 5.41) is 22.1. The van der Waals surface area contributed by atoms with Gasteiger partial charge >= 0.3 is 22.1 Å². The molecular formula is C29H30N4O8S. The Morgan fingerprint density at radius 3 is 2.07 bits per heavy atom. The van der Waals surface area contributed by atoms with Crippen molar-refractivity contribution >= 4 is 45.4 Å². The number of amides is 2. The minimum absolute atomic E-state index is 0.0382. The van der Waals surface area contributed by atoms with Gasteiger partial charge in [-0.2, -0.15) is 8.42 Å². The molecule has 0 aliphatic carbocycles. The number of benzene rings is 3. The largest absolute Gasteiger partial charge is 0.480 e. The fourth-order valence-electron chi connectivity index (χ4n) is 4.05. The lowest BCUT2D eigenvalue weighted by Gasteiger charge is -2.18. The Kier molecular flexibility index (Phi) is 9.81. The molecule has 3 aromatic carbocycles. The normalized spacial score (nSPS) is 11.8. The molecule has 12 nitrogen and oxygen atoms in total. The van der Waals surface area contributed by atoms with Gasteiger partial charge in [-0.05, 0) is 65.9 Å². The highest BCUT2D eigenvalue weighted by molar-refractivity contribution is 7.86. The number of nitrogen functional groups attached to an aromatic ring is 1. The molecule has 0 unspecified atom stereocenters. The molecule has 0 aliphatic rings. The van der Waals surface area contributed by atoms with Crippen molar-refractivity contribution in [2.45, 2.75) is 26.3 Å². The molecule has 0 saturated carbocycles. The number of anilines is 1. The molecule has 0 saturated heterocycles. The first-order valence-corrected chi connectivity index (χ1v) is 14.4. The van der Waals surface area contributed by atoms with E-state index in [0.717, 1.165) is 6.07 Å². The quantitative estimate of drug-likeness (QED) is 0.125. The molecule has 0 aromatic heterocycles. The summed E-state index contributed by atoms with van der Waals surface area (Å²) in [6, 6.07) is 15.0. The van der Waals surface area contributed by atoms with Crippen molar-refractivity contribution in [2.75, 3.05) is 11.6 Å². The second kappa shape index (κ2) is 13.1. The summed E-state index contributed by atoms with van der Waals surface area (Å²) in [6.07, 6.45) is 0.839. The lowest BCUT2D eigenvalue weighted by atomic mass is 9.93. The summed E-state index contributed by atoms with van der Waals surface area (Å²) < 4.78 is 28.2. The Bertz CT molecular complexity index is 1650. The fourth-order valence-corrected chi connectivity index (χ4v) is 4.42. The van der Waals surface area contributed by atoms with Crippen LogP contribution in [-0.4, -0.2) is 55.4 Å². The van der Waals surface area contributed by atoms with Crippen molar-refractivity contribution in [3.63, 3.8) is 0 Å². The number of hydrogen-bond donors (Lipinski definition) is 5. The Hall–Kier alpha value is -5.04. The predicted molar refractivity (Wildman–Crippen MR) is 156 cm³/mol. The molecule has 3 rings (SSSR count). The van der Waals surface area contributed by atoms with Crippen LogP contribution in [-0.2, 0) is 19.1 Å². The minimum atomic E-state index is -4.26. The van der Waals surface area contributed by atoms with Crippen molar-refractivity contribution in [2.24, 2.45) is 11.7 Å². The summed E-state index contributed by atoms with van der Waals surface area (Å²) in [5.74, 6) is -4.08. The Labute approximate surface area is 242 Å².